The van der Waals surface area contributed by atoms with Crippen LogP contribution in [-0.4, -0.2) is 16.3 Å². The molecule has 0 aromatic carbocycles. The van der Waals surface area contributed by atoms with Crippen LogP contribution in [0.5, 0.6) is 0 Å². The van der Waals surface area contributed by atoms with Crippen LogP contribution in [0.25, 0.3) is 0 Å². The molecule has 0 spiro atoms. The smallest absolute Gasteiger partial charge is 0.287 e. The molecule has 1 aliphatic rings. The maximum atomic E-state index is 11.8. The second kappa shape index (κ2) is 4.69. The lowest BCUT2D eigenvalue weighted by atomic mass is 10.1. The van der Waals surface area contributed by atoms with Gasteiger partial charge in [-0.3, -0.25) is 4.79 Å². The summed E-state index contributed by atoms with van der Waals surface area (Å²) >= 11 is 6.05. The van der Waals surface area contributed by atoms with Crippen molar-refractivity contribution in [2.75, 3.05) is 11.9 Å². The van der Waals surface area contributed by atoms with Crippen molar-refractivity contribution in [1.82, 2.24) is 9.78 Å². The van der Waals surface area contributed by atoms with Crippen LogP contribution in [-0.2, 0) is 6.54 Å². The molecule has 1 fully saturated rings. The van der Waals surface area contributed by atoms with E-state index >= 15 is 0 Å². The predicted molar refractivity (Wildman–Crippen MR) is 69.6 cm³/mol. The van der Waals surface area contributed by atoms with Gasteiger partial charge in [0.15, 0.2) is 0 Å². The van der Waals surface area contributed by atoms with Crippen LogP contribution in [0.4, 0.5) is 5.69 Å². The van der Waals surface area contributed by atoms with Gasteiger partial charge in [0.2, 0.25) is 0 Å². The number of nitrogens with one attached hydrogen (secondary N) is 1. The van der Waals surface area contributed by atoms with Crippen molar-refractivity contribution < 1.29 is 0 Å². The third kappa shape index (κ3) is 2.80. The summed E-state index contributed by atoms with van der Waals surface area (Å²) in [6.07, 6.45) is 4.98. The van der Waals surface area contributed by atoms with Crippen molar-refractivity contribution >= 4 is 17.3 Å². The second-order valence-electron chi connectivity index (χ2n) is 5.06. The number of rotatable bonds is 5. The summed E-state index contributed by atoms with van der Waals surface area (Å²) in [5.74, 6) is 0. The first-order chi connectivity index (χ1) is 8.06. The number of hydrogen-bond donors (Lipinski definition) is 1. The third-order valence-corrected chi connectivity index (χ3v) is 3.59. The highest BCUT2D eigenvalue weighted by atomic mass is 35.5. The number of aryl methyl sites for hydroxylation is 1. The van der Waals surface area contributed by atoms with Crippen molar-refractivity contribution in [3.63, 3.8) is 0 Å². The van der Waals surface area contributed by atoms with Gasteiger partial charge in [-0.2, -0.15) is 5.10 Å². The largest absolute Gasteiger partial charge is 0.382 e. The van der Waals surface area contributed by atoms with Gasteiger partial charge in [-0.25, -0.2) is 4.68 Å². The van der Waals surface area contributed by atoms with Gasteiger partial charge in [0.25, 0.3) is 5.56 Å². The fourth-order valence-corrected chi connectivity index (χ4v) is 1.87. The van der Waals surface area contributed by atoms with Crippen LogP contribution in [0, 0.1) is 5.41 Å². The summed E-state index contributed by atoms with van der Waals surface area (Å²) in [5.41, 5.74) is 0.818. The number of hydrogen-bond acceptors (Lipinski definition) is 3. The first-order valence-corrected chi connectivity index (χ1v) is 6.43. The van der Waals surface area contributed by atoms with E-state index in [1.807, 2.05) is 6.92 Å². The number of nitrogens with zero attached hydrogens (tertiary/aromatic N) is 2. The molecule has 0 amide bonds. The Labute approximate surface area is 106 Å². The zero-order valence-corrected chi connectivity index (χ0v) is 11.0. The molecule has 1 N–H and O–H groups in total. The molecule has 0 saturated heterocycles. The maximum Gasteiger partial charge on any atom is 0.287 e. The molecule has 0 aliphatic heterocycles. The molecule has 94 valence electrons. The lowest BCUT2D eigenvalue weighted by Crippen LogP contribution is -2.25. The first-order valence-electron chi connectivity index (χ1n) is 6.05. The zero-order valence-electron chi connectivity index (χ0n) is 10.3. The Balaban J connectivity index is 2.12. The van der Waals surface area contributed by atoms with Gasteiger partial charge in [0.1, 0.15) is 5.02 Å². The Morgan fingerprint density at radius 1 is 1.59 bits per heavy atom. The molecule has 1 heterocycles. The van der Waals surface area contributed by atoms with Crippen LogP contribution in [0.15, 0.2) is 11.0 Å². The van der Waals surface area contributed by atoms with Crippen molar-refractivity contribution in [1.29, 1.82) is 0 Å². The van der Waals surface area contributed by atoms with E-state index in [2.05, 4.69) is 17.3 Å². The van der Waals surface area contributed by atoms with Crippen molar-refractivity contribution in [3.8, 4) is 0 Å². The topological polar surface area (TPSA) is 46.9 Å². The van der Waals surface area contributed by atoms with Gasteiger partial charge in [0.05, 0.1) is 11.9 Å². The summed E-state index contributed by atoms with van der Waals surface area (Å²) < 4.78 is 1.41. The van der Waals surface area contributed by atoms with E-state index in [4.69, 9.17) is 11.6 Å². The Hall–Kier alpha value is -1.03. The summed E-state index contributed by atoms with van der Waals surface area (Å²) in [4.78, 5) is 11.8. The van der Waals surface area contributed by atoms with E-state index in [1.165, 1.54) is 17.5 Å². The van der Waals surface area contributed by atoms with E-state index in [1.54, 1.807) is 6.20 Å². The molecule has 1 aromatic heterocycles. The van der Waals surface area contributed by atoms with Gasteiger partial charge < -0.3 is 5.32 Å². The van der Waals surface area contributed by atoms with E-state index in [0.717, 1.165) is 13.0 Å². The average molecular weight is 256 g/mol. The van der Waals surface area contributed by atoms with Crippen LogP contribution in [0.2, 0.25) is 5.02 Å². The minimum atomic E-state index is -0.209. The molecule has 1 saturated carbocycles. The third-order valence-electron chi connectivity index (χ3n) is 3.23. The highest BCUT2D eigenvalue weighted by Crippen LogP contribution is 2.44. The van der Waals surface area contributed by atoms with Gasteiger partial charge in [-0.1, -0.05) is 25.4 Å². The van der Waals surface area contributed by atoms with Crippen LogP contribution in [0.1, 0.15) is 33.1 Å². The highest BCUT2D eigenvalue weighted by Gasteiger charge is 2.36. The SMILES string of the molecule is CCCn1ncc(NCC2(C)CC2)c(Cl)c1=O. The number of halogens is 1. The fourth-order valence-electron chi connectivity index (χ4n) is 1.66. The molecule has 0 bridgehead atoms. The Morgan fingerprint density at radius 3 is 2.88 bits per heavy atom. The molecule has 0 radical (unpaired) electrons. The molecule has 0 atom stereocenters. The van der Waals surface area contributed by atoms with E-state index in [0.29, 0.717) is 17.6 Å². The fraction of sp³-hybridized carbons (Fsp3) is 0.667. The van der Waals surface area contributed by atoms with Crippen LogP contribution in [0.3, 0.4) is 0 Å². The quantitative estimate of drug-likeness (QED) is 0.880. The Kier molecular flexibility index (Phi) is 3.43. The first kappa shape index (κ1) is 12.4. The molecule has 1 aliphatic carbocycles. The van der Waals surface area contributed by atoms with Gasteiger partial charge in [-0.15, -0.1) is 0 Å². The van der Waals surface area contributed by atoms with Gasteiger partial charge in [-0.05, 0) is 24.7 Å². The summed E-state index contributed by atoms with van der Waals surface area (Å²) in [5, 5.41) is 7.57. The number of aromatic nitrogens is 2. The van der Waals surface area contributed by atoms with Crippen LogP contribution >= 0.6 is 11.6 Å². The molecule has 1 aromatic rings. The molecular weight excluding hydrogens is 238 g/mol. The standard InChI is InChI=1S/C12H18ClN3O/c1-3-6-16-11(17)10(13)9(7-15-16)14-8-12(2)4-5-12/h7,14H,3-6,8H2,1-2H3. The van der Waals surface area contributed by atoms with Crippen LogP contribution < -0.4 is 10.9 Å². The van der Waals surface area contributed by atoms with Gasteiger partial charge >= 0.3 is 0 Å². The zero-order chi connectivity index (χ0) is 12.5. The highest BCUT2D eigenvalue weighted by molar-refractivity contribution is 6.32. The Bertz CT molecular complexity index is 465. The maximum absolute atomic E-state index is 11.8. The minimum absolute atomic E-state index is 0.209. The monoisotopic (exact) mass is 255 g/mol. The summed E-state index contributed by atoms with van der Waals surface area (Å²) in [7, 11) is 0. The van der Waals surface area contributed by atoms with E-state index in [9.17, 15) is 4.79 Å². The molecular formula is C12H18ClN3O. The second-order valence-corrected chi connectivity index (χ2v) is 5.44. The molecule has 0 unspecified atom stereocenters. The number of anilines is 1. The minimum Gasteiger partial charge on any atom is -0.382 e. The molecule has 2 rings (SSSR count). The van der Waals surface area contributed by atoms with E-state index < -0.39 is 0 Å². The normalized spacial score (nSPS) is 16.9. The molecule has 4 nitrogen and oxygen atoms in total. The molecule has 17 heavy (non-hydrogen) atoms. The van der Waals surface area contributed by atoms with Gasteiger partial charge in [0, 0.05) is 13.1 Å². The summed E-state index contributed by atoms with van der Waals surface area (Å²) in [6, 6.07) is 0. The summed E-state index contributed by atoms with van der Waals surface area (Å²) in [6.45, 7) is 5.68. The lowest BCUT2D eigenvalue weighted by molar-refractivity contribution is 0.567. The van der Waals surface area contributed by atoms with E-state index in [-0.39, 0.29) is 10.6 Å². The van der Waals surface area contributed by atoms with Crippen molar-refractivity contribution in [2.24, 2.45) is 5.41 Å². The molecule has 5 heteroatoms. The predicted octanol–water partition coefficient (Wildman–Crippen LogP) is 2.52. The Morgan fingerprint density at radius 2 is 2.29 bits per heavy atom. The van der Waals surface area contributed by atoms with Crippen molar-refractivity contribution in [2.45, 2.75) is 39.7 Å². The lowest BCUT2D eigenvalue weighted by Gasteiger charge is -2.13. The average Bonchev–Trinajstić information content (AvgIpc) is 3.03. The van der Waals surface area contributed by atoms with Crippen molar-refractivity contribution in [3.05, 3.63) is 21.6 Å².